The maximum atomic E-state index is 12.2. The molecular formula is C19H24O4. The van der Waals surface area contributed by atoms with Crippen molar-refractivity contribution in [3.8, 4) is 0 Å². The van der Waals surface area contributed by atoms with Crippen molar-refractivity contribution >= 4 is 11.6 Å². The van der Waals surface area contributed by atoms with Crippen LogP contribution in [-0.4, -0.2) is 27.4 Å². The summed E-state index contributed by atoms with van der Waals surface area (Å²) in [5.41, 5.74) is 0.761. The van der Waals surface area contributed by atoms with E-state index in [1.165, 1.54) is 13.8 Å². The molecule has 0 heterocycles. The van der Waals surface area contributed by atoms with Gasteiger partial charge in [-0.1, -0.05) is 31.2 Å². The Morgan fingerprint density at radius 2 is 1.78 bits per heavy atom. The van der Waals surface area contributed by atoms with E-state index in [0.717, 1.165) is 17.5 Å². The monoisotopic (exact) mass is 316 g/mol. The van der Waals surface area contributed by atoms with E-state index in [0.29, 0.717) is 0 Å². The molecule has 0 spiro atoms. The smallest absolute Gasteiger partial charge is 0.159 e. The maximum absolute atomic E-state index is 12.2. The van der Waals surface area contributed by atoms with Crippen LogP contribution in [0.2, 0.25) is 0 Å². The molecular weight excluding hydrogens is 292 g/mol. The van der Waals surface area contributed by atoms with E-state index in [1.807, 2.05) is 31.2 Å². The zero-order valence-electron chi connectivity index (χ0n) is 14.1. The summed E-state index contributed by atoms with van der Waals surface area (Å²) in [6.07, 6.45) is 0.801. The summed E-state index contributed by atoms with van der Waals surface area (Å²) in [6.45, 7) is 6.40. The van der Waals surface area contributed by atoms with Gasteiger partial charge in [-0.25, -0.2) is 0 Å². The highest BCUT2D eigenvalue weighted by Gasteiger charge is 2.49. The quantitative estimate of drug-likeness (QED) is 0.895. The first-order valence-corrected chi connectivity index (χ1v) is 7.93. The summed E-state index contributed by atoms with van der Waals surface area (Å²) >= 11 is 0. The fourth-order valence-electron chi connectivity index (χ4n) is 3.66. The van der Waals surface area contributed by atoms with Crippen LogP contribution in [0, 0.1) is 5.92 Å². The Morgan fingerprint density at radius 1 is 1.22 bits per heavy atom. The molecule has 3 atom stereocenters. The van der Waals surface area contributed by atoms with Crippen molar-refractivity contribution in [1.82, 2.24) is 0 Å². The lowest BCUT2D eigenvalue weighted by Crippen LogP contribution is -2.47. The molecule has 1 aromatic carbocycles. The van der Waals surface area contributed by atoms with Gasteiger partial charge in [0.25, 0.3) is 0 Å². The number of ketones is 2. The van der Waals surface area contributed by atoms with Crippen LogP contribution in [0.15, 0.2) is 35.6 Å². The van der Waals surface area contributed by atoms with E-state index < -0.39 is 17.4 Å². The minimum atomic E-state index is -1.39. The molecule has 0 saturated carbocycles. The van der Waals surface area contributed by atoms with Crippen LogP contribution in [0.3, 0.4) is 0 Å². The lowest BCUT2D eigenvalue weighted by molar-refractivity contribution is -0.132. The molecule has 4 heteroatoms. The van der Waals surface area contributed by atoms with E-state index in [-0.39, 0.29) is 29.3 Å². The minimum Gasteiger partial charge on any atom is -0.512 e. The van der Waals surface area contributed by atoms with Crippen molar-refractivity contribution in [3.63, 3.8) is 0 Å². The Bertz CT molecular complexity index is 652. The van der Waals surface area contributed by atoms with Crippen LogP contribution in [0.25, 0.3) is 0 Å². The first-order chi connectivity index (χ1) is 10.7. The van der Waals surface area contributed by atoms with E-state index in [1.54, 1.807) is 6.92 Å². The Kier molecular flexibility index (Phi) is 4.76. The van der Waals surface area contributed by atoms with Crippen LogP contribution in [0.5, 0.6) is 0 Å². The molecule has 2 N–H and O–H groups in total. The highest BCUT2D eigenvalue weighted by atomic mass is 16.3. The van der Waals surface area contributed by atoms with Gasteiger partial charge in [0.1, 0.15) is 11.5 Å². The van der Waals surface area contributed by atoms with Crippen molar-refractivity contribution in [2.45, 2.75) is 52.1 Å². The molecule has 23 heavy (non-hydrogen) atoms. The summed E-state index contributed by atoms with van der Waals surface area (Å²) in [6, 6.07) is 7.64. The number of carbonyl (C=O) groups excluding carboxylic acids is 2. The van der Waals surface area contributed by atoms with Gasteiger partial charge in [0, 0.05) is 17.9 Å². The van der Waals surface area contributed by atoms with Crippen molar-refractivity contribution in [2.24, 2.45) is 5.92 Å². The predicted octanol–water partition coefficient (Wildman–Crippen LogP) is 3.09. The number of aliphatic hydroxyl groups is 2. The molecule has 0 fully saturated rings. The average molecular weight is 316 g/mol. The van der Waals surface area contributed by atoms with Crippen molar-refractivity contribution < 1.29 is 19.8 Å². The van der Waals surface area contributed by atoms with Crippen LogP contribution in [-0.2, 0) is 16.0 Å². The first kappa shape index (κ1) is 17.4. The standard InChI is InChI=1S/C19H24O4/c1-5-13-6-8-14(9-7-13)17-16(11(2)20)15(22)10-19(4,23)18(17)12(3)21/h6-9,17-18,22-23H,5,10H2,1-4H3/t17-,18-,19-/m1/s1. The SMILES string of the molecule is CCc1ccc([C@@H]2C(C(C)=O)=C(O)C[C@@](C)(O)[C@@H]2C(C)=O)cc1. The fourth-order valence-corrected chi connectivity index (χ4v) is 3.66. The first-order valence-electron chi connectivity index (χ1n) is 7.93. The second-order valence-corrected chi connectivity index (χ2v) is 6.61. The van der Waals surface area contributed by atoms with Gasteiger partial charge in [-0.05, 0) is 38.3 Å². The van der Waals surface area contributed by atoms with Crippen LogP contribution in [0.4, 0.5) is 0 Å². The number of aryl methyl sites for hydroxylation is 1. The van der Waals surface area contributed by atoms with Crippen molar-refractivity contribution in [2.75, 3.05) is 0 Å². The van der Waals surface area contributed by atoms with Gasteiger partial charge in [0.15, 0.2) is 5.78 Å². The lowest BCUT2D eigenvalue weighted by Gasteiger charge is -2.42. The largest absolute Gasteiger partial charge is 0.512 e. The number of rotatable bonds is 4. The number of benzene rings is 1. The molecule has 1 aliphatic carbocycles. The molecule has 4 nitrogen and oxygen atoms in total. The summed E-state index contributed by atoms with van der Waals surface area (Å²) in [5.74, 6) is -1.96. The third-order valence-corrected chi connectivity index (χ3v) is 4.71. The molecule has 124 valence electrons. The number of aliphatic hydroxyl groups excluding tert-OH is 1. The normalized spacial score (nSPS) is 27.9. The van der Waals surface area contributed by atoms with E-state index in [2.05, 4.69) is 0 Å². The average Bonchev–Trinajstić information content (AvgIpc) is 2.44. The van der Waals surface area contributed by atoms with Gasteiger partial charge >= 0.3 is 0 Å². The molecule has 0 aromatic heterocycles. The van der Waals surface area contributed by atoms with Gasteiger partial charge in [-0.2, -0.15) is 0 Å². The number of hydrogen-bond donors (Lipinski definition) is 2. The second kappa shape index (κ2) is 6.28. The molecule has 1 aliphatic rings. The highest BCUT2D eigenvalue weighted by Crippen LogP contribution is 2.46. The highest BCUT2D eigenvalue weighted by molar-refractivity contribution is 5.97. The van der Waals surface area contributed by atoms with Gasteiger partial charge < -0.3 is 10.2 Å². The maximum Gasteiger partial charge on any atom is 0.159 e. The Hall–Kier alpha value is -1.94. The van der Waals surface area contributed by atoms with Gasteiger partial charge in [-0.15, -0.1) is 0 Å². The number of allylic oxidation sites excluding steroid dienone is 1. The molecule has 0 amide bonds. The molecule has 0 unspecified atom stereocenters. The number of carbonyl (C=O) groups is 2. The molecule has 2 rings (SSSR count). The zero-order chi connectivity index (χ0) is 17.4. The van der Waals surface area contributed by atoms with E-state index in [9.17, 15) is 19.8 Å². The topological polar surface area (TPSA) is 74.6 Å². The van der Waals surface area contributed by atoms with E-state index in [4.69, 9.17) is 0 Å². The molecule has 0 bridgehead atoms. The van der Waals surface area contributed by atoms with Gasteiger partial charge in [-0.3, -0.25) is 9.59 Å². The molecule has 0 aliphatic heterocycles. The molecule has 0 saturated heterocycles. The molecule has 0 radical (unpaired) electrons. The lowest BCUT2D eigenvalue weighted by atomic mass is 9.64. The Balaban J connectivity index is 2.65. The van der Waals surface area contributed by atoms with Crippen LogP contribution >= 0.6 is 0 Å². The Labute approximate surface area is 136 Å². The van der Waals surface area contributed by atoms with Gasteiger partial charge in [0.2, 0.25) is 0 Å². The molecule has 1 aromatic rings. The summed E-state index contributed by atoms with van der Waals surface area (Å²) in [4.78, 5) is 24.3. The second-order valence-electron chi connectivity index (χ2n) is 6.61. The minimum absolute atomic E-state index is 0.0876. The Morgan fingerprint density at radius 3 is 2.22 bits per heavy atom. The number of hydrogen-bond acceptors (Lipinski definition) is 4. The third-order valence-electron chi connectivity index (χ3n) is 4.71. The third kappa shape index (κ3) is 3.22. The van der Waals surface area contributed by atoms with Gasteiger partial charge in [0.05, 0.1) is 11.5 Å². The summed E-state index contributed by atoms with van der Waals surface area (Å²) in [7, 11) is 0. The predicted molar refractivity (Wildman–Crippen MR) is 88.3 cm³/mol. The van der Waals surface area contributed by atoms with Crippen molar-refractivity contribution in [1.29, 1.82) is 0 Å². The van der Waals surface area contributed by atoms with Crippen molar-refractivity contribution in [3.05, 3.63) is 46.7 Å². The van der Waals surface area contributed by atoms with Crippen LogP contribution < -0.4 is 0 Å². The summed E-state index contributed by atoms with van der Waals surface area (Å²) < 4.78 is 0. The number of Topliss-reactive ketones (excluding diaryl/α,β-unsaturated/α-hetero) is 2. The fraction of sp³-hybridized carbons (Fsp3) is 0.474. The van der Waals surface area contributed by atoms with E-state index >= 15 is 0 Å². The summed E-state index contributed by atoms with van der Waals surface area (Å²) in [5, 5.41) is 21.0. The zero-order valence-corrected chi connectivity index (χ0v) is 14.1. The van der Waals surface area contributed by atoms with Crippen LogP contribution in [0.1, 0.15) is 51.2 Å².